The number of fused-ring (bicyclic) bond motifs is 2. The summed E-state index contributed by atoms with van der Waals surface area (Å²) >= 11 is 1.93. The number of hydrogen-bond acceptors (Lipinski definition) is 3. The highest BCUT2D eigenvalue weighted by atomic mass is 32.2. The van der Waals surface area contributed by atoms with Gasteiger partial charge in [-0.3, -0.25) is 0 Å². The smallest absolute Gasteiger partial charge is 0.160 e. The van der Waals surface area contributed by atoms with Crippen molar-refractivity contribution in [1.82, 2.24) is 0 Å². The summed E-state index contributed by atoms with van der Waals surface area (Å²) in [5.41, 5.74) is -1.61. The first-order valence-electron chi connectivity index (χ1n) is 8.89. The van der Waals surface area contributed by atoms with E-state index in [4.69, 9.17) is 0 Å². The summed E-state index contributed by atoms with van der Waals surface area (Å²) in [7, 11) is 0. The molecule has 1 saturated carbocycles. The Hall–Kier alpha value is -1.24. The van der Waals surface area contributed by atoms with E-state index in [9.17, 15) is 10.4 Å². The van der Waals surface area contributed by atoms with Crippen molar-refractivity contribution in [2.45, 2.75) is 44.1 Å². The highest BCUT2D eigenvalue weighted by Gasteiger charge is 2.57. The number of benzene rings is 1. The number of hydrogen-bond donors (Lipinski definition) is 1. The van der Waals surface area contributed by atoms with Crippen LogP contribution in [0.2, 0.25) is 0 Å². The molecule has 0 saturated heterocycles. The molecule has 2 nitrogen and oxygen atoms in total. The van der Waals surface area contributed by atoms with E-state index in [-0.39, 0.29) is 0 Å². The van der Waals surface area contributed by atoms with E-state index in [1.807, 2.05) is 11.8 Å². The van der Waals surface area contributed by atoms with Gasteiger partial charge in [-0.15, -0.1) is 11.8 Å². The second-order valence-corrected chi connectivity index (χ2v) is 9.11. The molecule has 2 bridgehead atoms. The van der Waals surface area contributed by atoms with Crippen LogP contribution >= 0.6 is 11.8 Å². The summed E-state index contributed by atoms with van der Waals surface area (Å²) in [6.07, 6.45) is 5.86. The first-order chi connectivity index (χ1) is 11.4. The molecule has 0 aliphatic heterocycles. The van der Waals surface area contributed by atoms with Gasteiger partial charge in [-0.05, 0) is 48.6 Å². The Labute approximate surface area is 150 Å². The van der Waals surface area contributed by atoms with Crippen LogP contribution in [0.4, 0.5) is 0 Å². The Morgan fingerprint density at radius 2 is 2.00 bits per heavy atom. The molecule has 0 radical (unpaired) electrons. The van der Waals surface area contributed by atoms with Crippen LogP contribution < -0.4 is 0 Å². The zero-order valence-corrected chi connectivity index (χ0v) is 15.6. The number of nitriles is 1. The van der Waals surface area contributed by atoms with Gasteiger partial charge in [0.25, 0.3) is 0 Å². The summed E-state index contributed by atoms with van der Waals surface area (Å²) in [5.74, 6) is 3.15. The summed E-state index contributed by atoms with van der Waals surface area (Å²) in [6, 6.07) is 12.8. The molecule has 0 unspecified atom stereocenters. The molecule has 1 fully saturated rings. The molecule has 3 heteroatoms. The third-order valence-corrected chi connectivity index (χ3v) is 7.33. The largest absolute Gasteiger partial charge is 0.374 e. The summed E-state index contributed by atoms with van der Waals surface area (Å²) < 4.78 is 0. The van der Waals surface area contributed by atoms with Crippen molar-refractivity contribution in [2.24, 2.45) is 29.1 Å². The van der Waals surface area contributed by atoms with Crippen molar-refractivity contribution < 1.29 is 5.11 Å². The average Bonchev–Trinajstić information content (AvgIpc) is 2.57. The fraction of sp³-hybridized carbons (Fsp3) is 0.571. The van der Waals surface area contributed by atoms with Gasteiger partial charge in [0.1, 0.15) is 0 Å². The maximum atomic E-state index is 10.8. The Morgan fingerprint density at radius 1 is 1.29 bits per heavy atom. The van der Waals surface area contributed by atoms with Crippen LogP contribution in [-0.4, -0.2) is 16.5 Å². The van der Waals surface area contributed by atoms with E-state index in [0.717, 1.165) is 12.2 Å². The molecule has 0 spiro atoms. The van der Waals surface area contributed by atoms with Crippen molar-refractivity contribution in [1.29, 1.82) is 5.26 Å². The molecule has 4 rings (SSSR count). The number of thioether (sulfide) groups is 1. The van der Waals surface area contributed by atoms with Crippen LogP contribution in [-0.2, 0) is 0 Å². The van der Waals surface area contributed by atoms with Gasteiger partial charge in [-0.25, -0.2) is 0 Å². The van der Waals surface area contributed by atoms with E-state index in [2.05, 4.69) is 69.3 Å². The van der Waals surface area contributed by atoms with E-state index in [1.54, 1.807) is 0 Å². The molecule has 24 heavy (non-hydrogen) atoms. The molecule has 0 heterocycles. The lowest BCUT2D eigenvalue weighted by molar-refractivity contribution is -0.0877. The van der Waals surface area contributed by atoms with E-state index >= 15 is 0 Å². The summed E-state index contributed by atoms with van der Waals surface area (Å²) in [4.78, 5) is 1.32. The Kier molecular flexibility index (Phi) is 4.82. The lowest BCUT2D eigenvalue weighted by Gasteiger charge is -2.54. The molecule has 1 N–H and O–H groups in total. The molecule has 3 aliphatic rings. The molecule has 3 aliphatic carbocycles. The molecular weight excluding hydrogens is 314 g/mol. The lowest BCUT2D eigenvalue weighted by atomic mass is 9.51. The van der Waals surface area contributed by atoms with Crippen LogP contribution in [0, 0.1) is 40.4 Å². The Bertz CT molecular complexity index is 650. The van der Waals surface area contributed by atoms with Gasteiger partial charge < -0.3 is 5.11 Å². The van der Waals surface area contributed by atoms with Gasteiger partial charge >= 0.3 is 0 Å². The van der Waals surface area contributed by atoms with E-state index in [0.29, 0.717) is 30.1 Å². The standard InChI is InChI=1S/C21H27NOS/c1-15(2)19(13-24-17-7-5-4-6-8-17)18-12-20(3)10-9-16(18)11-21(20,23)14-22/h4-10,15-16,18-19,23H,11-13H2,1-3H3/t16-,18-,19-,20-,21-/m1/s1. The predicted octanol–water partition coefficient (Wildman–Crippen LogP) is 4.91. The van der Waals surface area contributed by atoms with Gasteiger partial charge in [0.2, 0.25) is 0 Å². The fourth-order valence-corrected chi connectivity index (χ4v) is 5.82. The first kappa shape index (κ1) is 17.6. The van der Waals surface area contributed by atoms with E-state index in [1.165, 1.54) is 4.90 Å². The van der Waals surface area contributed by atoms with Gasteiger partial charge in [-0.1, -0.05) is 51.1 Å². The molecule has 1 aromatic carbocycles. The quantitative estimate of drug-likeness (QED) is 0.470. The zero-order chi connectivity index (χ0) is 17.4. The summed E-state index contributed by atoms with van der Waals surface area (Å²) in [6.45, 7) is 6.67. The minimum absolute atomic E-state index is 0.320. The fourth-order valence-electron chi connectivity index (χ4n) is 4.45. The normalized spacial score (nSPS) is 35.8. The molecule has 0 amide bonds. The zero-order valence-electron chi connectivity index (χ0n) is 14.8. The third kappa shape index (κ3) is 3.03. The van der Waals surface area contributed by atoms with E-state index < -0.39 is 11.0 Å². The second-order valence-electron chi connectivity index (χ2n) is 8.02. The molecule has 0 aromatic heterocycles. The predicted molar refractivity (Wildman–Crippen MR) is 99.5 cm³/mol. The molecule has 5 atom stereocenters. The van der Waals surface area contributed by atoms with Crippen molar-refractivity contribution in [3.8, 4) is 6.07 Å². The Morgan fingerprint density at radius 3 is 2.58 bits per heavy atom. The third-order valence-electron chi connectivity index (χ3n) is 6.17. The first-order valence-corrected chi connectivity index (χ1v) is 9.88. The summed E-state index contributed by atoms with van der Waals surface area (Å²) in [5, 5.41) is 20.2. The van der Waals surface area contributed by atoms with Crippen molar-refractivity contribution in [2.75, 3.05) is 5.75 Å². The minimum Gasteiger partial charge on any atom is -0.374 e. The van der Waals surface area contributed by atoms with Crippen molar-refractivity contribution in [3.63, 3.8) is 0 Å². The van der Waals surface area contributed by atoms with Crippen molar-refractivity contribution in [3.05, 3.63) is 42.5 Å². The second kappa shape index (κ2) is 6.58. The van der Waals surface area contributed by atoms with Crippen LogP contribution in [0.15, 0.2) is 47.4 Å². The van der Waals surface area contributed by atoms with Gasteiger partial charge in [-0.2, -0.15) is 5.26 Å². The number of allylic oxidation sites excluding steroid dienone is 1. The number of nitrogens with zero attached hydrogens (tertiary/aromatic N) is 1. The maximum Gasteiger partial charge on any atom is 0.160 e. The topological polar surface area (TPSA) is 44.0 Å². The average molecular weight is 342 g/mol. The monoisotopic (exact) mass is 341 g/mol. The molecule has 128 valence electrons. The van der Waals surface area contributed by atoms with Gasteiger partial charge in [0.15, 0.2) is 5.60 Å². The van der Waals surface area contributed by atoms with Crippen LogP contribution in [0.25, 0.3) is 0 Å². The SMILES string of the molecule is CC(C)[C@@H](CSc1ccccc1)[C@@H]1C[C@@]2(C)C=C[C@@H]1C[C@@]2(O)C#N. The van der Waals surface area contributed by atoms with Gasteiger partial charge in [0.05, 0.1) is 6.07 Å². The highest BCUT2D eigenvalue weighted by Crippen LogP contribution is 2.57. The van der Waals surface area contributed by atoms with Crippen LogP contribution in [0.1, 0.15) is 33.6 Å². The highest BCUT2D eigenvalue weighted by molar-refractivity contribution is 7.99. The maximum absolute atomic E-state index is 10.8. The number of rotatable bonds is 5. The van der Waals surface area contributed by atoms with Crippen LogP contribution in [0.3, 0.4) is 0 Å². The minimum atomic E-state index is -1.20. The van der Waals surface area contributed by atoms with Gasteiger partial charge in [0, 0.05) is 16.1 Å². The van der Waals surface area contributed by atoms with Crippen LogP contribution in [0.5, 0.6) is 0 Å². The Balaban J connectivity index is 1.77. The number of aliphatic hydroxyl groups is 1. The lowest BCUT2D eigenvalue weighted by Crippen LogP contribution is -2.56. The molecule has 1 aromatic rings. The molecular formula is C21H27NOS. The van der Waals surface area contributed by atoms with Crippen molar-refractivity contribution >= 4 is 11.8 Å².